The SMILES string of the molecule is CN1C(N)=C(C#N)[C@H](c2cc(Br)ccc2OCc2ccc([N+](=O)[O-])cc2)C2=C1CCCC2=O. The van der Waals surface area contributed by atoms with E-state index in [1.165, 1.54) is 12.1 Å². The molecule has 0 saturated heterocycles. The second-order valence-electron chi connectivity index (χ2n) is 7.93. The van der Waals surface area contributed by atoms with Crippen LogP contribution in [0.5, 0.6) is 5.75 Å². The van der Waals surface area contributed by atoms with Gasteiger partial charge in [-0.15, -0.1) is 0 Å². The number of carbonyl (C=O) groups excluding carboxylic acids is 1. The molecule has 1 atom stereocenters. The third-order valence-corrected chi connectivity index (χ3v) is 6.49. The Balaban J connectivity index is 1.75. The molecule has 1 aliphatic carbocycles. The molecule has 0 fully saturated rings. The molecule has 2 aliphatic rings. The second kappa shape index (κ2) is 9.08. The highest BCUT2D eigenvalue weighted by Gasteiger charge is 2.39. The number of ketones is 1. The van der Waals surface area contributed by atoms with E-state index >= 15 is 0 Å². The van der Waals surface area contributed by atoms with Crippen LogP contribution in [0.4, 0.5) is 5.69 Å². The lowest BCUT2D eigenvalue weighted by atomic mass is 9.75. The van der Waals surface area contributed by atoms with Crippen molar-refractivity contribution in [3.8, 4) is 11.8 Å². The number of hydrogen-bond donors (Lipinski definition) is 1. The topological polar surface area (TPSA) is 122 Å². The number of hydrogen-bond acceptors (Lipinski definition) is 7. The Morgan fingerprint density at radius 1 is 1.27 bits per heavy atom. The lowest BCUT2D eigenvalue weighted by Gasteiger charge is -2.38. The molecule has 168 valence electrons. The molecule has 0 radical (unpaired) electrons. The standard InChI is InChI=1S/C24H21BrN4O4/c1-28-19-3-2-4-20(30)23(19)22(18(12-26)24(28)27)17-11-15(25)7-10-21(17)33-13-14-5-8-16(9-6-14)29(31)32/h5-11,22H,2-4,13,27H2,1H3/t22-/m0/s1. The molecule has 0 spiro atoms. The van der Waals surface area contributed by atoms with Crippen molar-refractivity contribution < 1.29 is 14.5 Å². The fourth-order valence-corrected chi connectivity index (χ4v) is 4.70. The van der Waals surface area contributed by atoms with Crippen LogP contribution in [0.15, 0.2) is 69.6 Å². The van der Waals surface area contributed by atoms with Gasteiger partial charge in [0.1, 0.15) is 18.2 Å². The molecule has 1 aliphatic heterocycles. The number of allylic oxidation sites excluding steroid dienone is 3. The van der Waals surface area contributed by atoms with Crippen LogP contribution in [0.2, 0.25) is 0 Å². The number of nitrogens with zero attached hydrogens (tertiary/aromatic N) is 3. The average molecular weight is 509 g/mol. The van der Waals surface area contributed by atoms with Crippen LogP contribution < -0.4 is 10.5 Å². The summed E-state index contributed by atoms with van der Waals surface area (Å²) in [6, 6.07) is 13.8. The summed E-state index contributed by atoms with van der Waals surface area (Å²) in [6.07, 6.45) is 1.88. The maximum atomic E-state index is 13.0. The number of nitro benzene ring substituents is 1. The van der Waals surface area contributed by atoms with Crippen molar-refractivity contribution in [2.45, 2.75) is 31.8 Å². The van der Waals surface area contributed by atoms with Crippen LogP contribution in [0.3, 0.4) is 0 Å². The molecule has 4 rings (SSSR count). The Morgan fingerprint density at radius 2 is 2.00 bits per heavy atom. The summed E-state index contributed by atoms with van der Waals surface area (Å²) < 4.78 is 6.87. The van der Waals surface area contributed by atoms with Gasteiger partial charge in [0.05, 0.1) is 22.5 Å². The Kier molecular flexibility index (Phi) is 6.20. The van der Waals surface area contributed by atoms with E-state index in [0.717, 1.165) is 22.2 Å². The quantitative estimate of drug-likeness (QED) is 0.459. The van der Waals surface area contributed by atoms with Gasteiger partial charge in [0, 0.05) is 46.9 Å². The molecule has 0 amide bonds. The Morgan fingerprint density at radius 3 is 2.67 bits per heavy atom. The number of Topliss-reactive ketones (excluding diaryl/α,β-unsaturated/α-hetero) is 1. The van der Waals surface area contributed by atoms with Crippen molar-refractivity contribution in [2.75, 3.05) is 7.05 Å². The number of halogens is 1. The van der Waals surface area contributed by atoms with Crippen LogP contribution in [0.1, 0.15) is 36.3 Å². The predicted molar refractivity (Wildman–Crippen MR) is 125 cm³/mol. The zero-order chi connectivity index (χ0) is 23.7. The smallest absolute Gasteiger partial charge is 0.269 e. The molecule has 0 unspecified atom stereocenters. The molecule has 1 heterocycles. The molecule has 2 N–H and O–H groups in total. The van der Waals surface area contributed by atoms with Crippen LogP contribution in [-0.4, -0.2) is 22.7 Å². The van der Waals surface area contributed by atoms with Gasteiger partial charge >= 0.3 is 0 Å². The van der Waals surface area contributed by atoms with E-state index in [-0.39, 0.29) is 18.1 Å². The molecule has 0 aromatic heterocycles. The van der Waals surface area contributed by atoms with Gasteiger partial charge in [0.15, 0.2) is 5.78 Å². The Labute approximate surface area is 199 Å². The number of rotatable bonds is 5. The summed E-state index contributed by atoms with van der Waals surface area (Å²) in [7, 11) is 1.78. The van der Waals surface area contributed by atoms with Gasteiger partial charge in [0.2, 0.25) is 0 Å². The molecule has 0 bridgehead atoms. The maximum absolute atomic E-state index is 13.0. The number of carbonyl (C=O) groups is 1. The van der Waals surface area contributed by atoms with Crippen molar-refractivity contribution in [3.63, 3.8) is 0 Å². The van der Waals surface area contributed by atoms with Crippen LogP contribution >= 0.6 is 15.9 Å². The molecular weight excluding hydrogens is 488 g/mol. The van der Waals surface area contributed by atoms with Crippen LogP contribution in [0.25, 0.3) is 0 Å². The highest BCUT2D eigenvalue weighted by atomic mass is 79.9. The number of non-ortho nitro benzene ring substituents is 1. The zero-order valence-corrected chi connectivity index (χ0v) is 19.5. The van der Waals surface area contributed by atoms with Crippen molar-refractivity contribution in [1.82, 2.24) is 4.90 Å². The molecule has 2 aromatic carbocycles. The van der Waals surface area contributed by atoms with Gasteiger partial charge in [-0.25, -0.2) is 0 Å². The highest BCUT2D eigenvalue weighted by molar-refractivity contribution is 9.10. The first kappa shape index (κ1) is 22.6. The van der Waals surface area contributed by atoms with E-state index in [4.69, 9.17) is 10.5 Å². The fraction of sp³-hybridized carbons (Fsp3) is 0.250. The van der Waals surface area contributed by atoms with E-state index in [0.29, 0.717) is 41.1 Å². The van der Waals surface area contributed by atoms with Crippen molar-refractivity contribution >= 4 is 27.4 Å². The van der Waals surface area contributed by atoms with E-state index in [9.17, 15) is 20.2 Å². The minimum absolute atomic E-state index is 0.00366. The summed E-state index contributed by atoms with van der Waals surface area (Å²) in [4.78, 5) is 25.2. The number of nitriles is 1. The summed E-state index contributed by atoms with van der Waals surface area (Å²) in [5.41, 5.74) is 9.50. The van der Waals surface area contributed by atoms with E-state index in [2.05, 4.69) is 22.0 Å². The predicted octanol–water partition coefficient (Wildman–Crippen LogP) is 4.67. The summed E-state index contributed by atoms with van der Waals surface area (Å²) in [6.45, 7) is 0.167. The zero-order valence-electron chi connectivity index (χ0n) is 17.9. The minimum Gasteiger partial charge on any atom is -0.489 e. The van der Waals surface area contributed by atoms with Crippen molar-refractivity contribution in [2.24, 2.45) is 5.73 Å². The summed E-state index contributed by atoms with van der Waals surface area (Å²) in [5, 5.41) is 20.9. The van der Waals surface area contributed by atoms with Crippen molar-refractivity contribution in [3.05, 3.63) is 90.8 Å². The van der Waals surface area contributed by atoms with Gasteiger partial charge in [-0.05, 0) is 48.7 Å². The third-order valence-electron chi connectivity index (χ3n) is 5.99. The fourth-order valence-electron chi connectivity index (χ4n) is 4.33. The molecular formula is C24H21BrN4O4. The third kappa shape index (κ3) is 4.22. The Hall–Kier alpha value is -3.64. The van der Waals surface area contributed by atoms with Crippen LogP contribution in [-0.2, 0) is 11.4 Å². The first-order valence-corrected chi connectivity index (χ1v) is 11.2. The second-order valence-corrected chi connectivity index (χ2v) is 8.85. The van der Waals surface area contributed by atoms with Crippen molar-refractivity contribution in [1.29, 1.82) is 5.26 Å². The van der Waals surface area contributed by atoms with E-state index < -0.39 is 10.8 Å². The highest BCUT2D eigenvalue weighted by Crippen LogP contribution is 2.47. The molecule has 9 heteroatoms. The molecule has 2 aromatic rings. The largest absolute Gasteiger partial charge is 0.489 e. The van der Waals surface area contributed by atoms with E-state index in [1.54, 1.807) is 30.1 Å². The first-order valence-electron chi connectivity index (χ1n) is 10.4. The summed E-state index contributed by atoms with van der Waals surface area (Å²) >= 11 is 3.49. The minimum atomic E-state index is -0.627. The van der Waals surface area contributed by atoms with Gasteiger partial charge in [-0.1, -0.05) is 15.9 Å². The first-order chi connectivity index (χ1) is 15.8. The molecule has 0 saturated carbocycles. The molecule has 33 heavy (non-hydrogen) atoms. The number of nitro groups is 1. The van der Waals surface area contributed by atoms with Gasteiger partial charge < -0.3 is 15.4 Å². The number of ether oxygens (including phenoxy) is 1. The normalized spacial score (nSPS) is 18.2. The average Bonchev–Trinajstić information content (AvgIpc) is 2.81. The van der Waals surface area contributed by atoms with Gasteiger partial charge in [-0.2, -0.15) is 5.26 Å². The summed E-state index contributed by atoms with van der Waals surface area (Å²) in [5.74, 6) is 0.224. The van der Waals surface area contributed by atoms with E-state index in [1.807, 2.05) is 12.1 Å². The Bertz CT molecular complexity index is 1240. The lowest BCUT2D eigenvalue weighted by Crippen LogP contribution is -2.36. The lowest BCUT2D eigenvalue weighted by molar-refractivity contribution is -0.384. The number of benzene rings is 2. The number of nitrogens with two attached hydrogens (primary N) is 1. The maximum Gasteiger partial charge on any atom is 0.269 e. The van der Waals surface area contributed by atoms with Gasteiger partial charge in [0.25, 0.3) is 5.69 Å². The monoisotopic (exact) mass is 508 g/mol. The van der Waals surface area contributed by atoms with Gasteiger partial charge in [-0.3, -0.25) is 14.9 Å². The van der Waals surface area contributed by atoms with Crippen LogP contribution in [0, 0.1) is 21.4 Å². The molecule has 8 nitrogen and oxygen atoms in total.